The molecule has 1 N–H and O–H groups in total. The molecule has 0 aliphatic carbocycles. The summed E-state index contributed by atoms with van der Waals surface area (Å²) in [6, 6.07) is 0. The van der Waals surface area contributed by atoms with Gasteiger partial charge in [-0.1, -0.05) is 0 Å². The number of carbonyl (C=O) groups is 1. The van der Waals surface area contributed by atoms with E-state index in [1.165, 1.54) is 7.11 Å². The fourth-order valence-electron chi connectivity index (χ4n) is 1.62. The van der Waals surface area contributed by atoms with Gasteiger partial charge in [0.2, 0.25) is 0 Å². The normalized spacial score (nSPS) is 24.3. The molecule has 0 saturated carbocycles. The van der Waals surface area contributed by atoms with Crippen molar-refractivity contribution in [1.82, 2.24) is 0 Å². The highest BCUT2D eigenvalue weighted by Crippen LogP contribution is 2.18. The zero-order chi connectivity index (χ0) is 10.4. The SMILES string of the molecule is COC(=O)CCC(O)C1CCCCO1. The van der Waals surface area contributed by atoms with Crippen LogP contribution < -0.4 is 0 Å². The highest BCUT2D eigenvalue weighted by atomic mass is 16.5. The van der Waals surface area contributed by atoms with Crippen molar-refractivity contribution >= 4 is 5.97 Å². The molecule has 1 fully saturated rings. The summed E-state index contributed by atoms with van der Waals surface area (Å²) >= 11 is 0. The number of hydrogen-bond acceptors (Lipinski definition) is 4. The second-order valence-corrected chi connectivity index (χ2v) is 3.59. The number of aliphatic hydroxyl groups excluding tert-OH is 1. The van der Waals surface area contributed by atoms with Crippen LogP contribution in [0.2, 0.25) is 0 Å². The number of carbonyl (C=O) groups excluding carboxylic acids is 1. The van der Waals surface area contributed by atoms with E-state index in [0.717, 1.165) is 25.9 Å². The van der Waals surface area contributed by atoms with Crippen LogP contribution in [0, 0.1) is 0 Å². The van der Waals surface area contributed by atoms with Crippen molar-refractivity contribution in [2.45, 2.75) is 44.3 Å². The Labute approximate surface area is 84.2 Å². The Morgan fingerprint density at radius 3 is 3.00 bits per heavy atom. The lowest BCUT2D eigenvalue weighted by atomic mass is 10.0. The largest absolute Gasteiger partial charge is 0.469 e. The summed E-state index contributed by atoms with van der Waals surface area (Å²) in [6.45, 7) is 0.722. The van der Waals surface area contributed by atoms with Crippen LogP contribution in [0.5, 0.6) is 0 Å². The van der Waals surface area contributed by atoms with Crippen molar-refractivity contribution in [2.24, 2.45) is 0 Å². The van der Waals surface area contributed by atoms with E-state index >= 15 is 0 Å². The van der Waals surface area contributed by atoms with Crippen molar-refractivity contribution in [1.29, 1.82) is 0 Å². The molecule has 0 aromatic rings. The minimum atomic E-state index is -0.533. The average Bonchev–Trinajstić information content (AvgIpc) is 2.26. The first-order valence-corrected chi connectivity index (χ1v) is 5.10. The van der Waals surface area contributed by atoms with Crippen LogP contribution in [0.4, 0.5) is 0 Å². The Morgan fingerprint density at radius 1 is 1.64 bits per heavy atom. The Bertz CT molecular complexity index is 175. The molecule has 82 valence electrons. The summed E-state index contributed by atoms with van der Waals surface area (Å²) in [4.78, 5) is 10.8. The van der Waals surface area contributed by atoms with Crippen molar-refractivity contribution in [2.75, 3.05) is 13.7 Å². The first kappa shape index (κ1) is 11.5. The third kappa shape index (κ3) is 3.64. The first-order valence-electron chi connectivity index (χ1n) is 5.10. The van der Waals surface area contributed by atoms with Gasteiger partial charge in [0.25, 0.3) is 0 Å². The zero-order valence-electron chi connectivity index (χ0n) is 8.57. The molecule has 1 saturated heterocycles. The molecule has 0 radical (unpaired) electrons. The predicted octanol–water partition coefficient (Wildman–Crippen LogP) is 0.870. The average molecular weight is 202 g/mol. The van der Waals surface area contributed by atoms with Gasteiger partial charge >= 0.3 is 5.97 Å². The first-order chi connectivity index (χ1) is 6.74. The standard InChI is InChI=1S/C10H18O4/c1-13-10(12)6-5-8(11)9-4-2-3-7-14-9/h8-9,11H,2-7H2,1H3. The summed E-state index contributed by atoms with van der Waals surface area (Å²) in [6.07, 6.45) is 3.12. The van der Waals surface area contributed by atoms with Crippen molar-refractivity contribution in [3.05, 3.63) is 0 Å². The molecule has 2 atom stereocenters. The number of methoxy groups -OCH3 is 1. The van der Waals surface area contributed by atoms with Gasteiger partial charge in [0.1, 0.15) is 0 Å². The maximum Gasteiger partial charge on any atom is 0.305 e. The minimum absolute atomic E-state index is 0.0894. The molecule has 0 aromatic carbocycles. The number of hydrogen-bond donors (Lipinski definition) is 1. The van der Waals surface area contributed by atoms with E-state index in [-0.39, 0.29) is 18.5 Å². The van der Waals surface area contributed by atoms with Crippen LogP contribution in [0.15, 0.2) is 0 Å². The quantitative estimate of drug-likeness (QED) is 0.687. The van der Waals surface area contributed by atoms with Crippen LogP contribution in [-0.2, 0) is 14.3 Å². The van der Waals surface area contributed by atoms with Crippen LogP contribution in [-0.4, -0.2) is 37.0 Å². The van der Waals surface area contributed by atoms with E-state index in [0.29, 0.717) is 6.42 Å². The fourth-order valence-corrected chi connectivity index (χ4v) is 1.62. The number of aliphatic hydroxyl groups is 1. The molecule has 0 aromatic heterocycles. The molecule has 0 bridgehead atoms. The summed E-state index contributed by atoms with van der Waals surface area (Å²) in [5, 5.41) is 9.69. The van der Waals surface area contributed by atoms with Gasteiger partial charge in [-0.3, -0.25) is 4.79 Å². The topological polar surface area (TPSA) is 55.8 Å². The van der Waals surface area contributed by atoms with Crippen molar-refractivity contribution in [3.63, 3.8) is 0 Å². The van der Waals surface area contributed by atoms with Gasteiger partial charge in [-0.25, -0.2) is 0 Å². The molecule has 0 spiro atoms. The summed E-state index contributed by atoms with van der Waals surface area (Å²) in [5.74, 6) is -0.278. The fraction of sp³-hybridized carbons (Fsp3) is 0.900. The highest BCUT2D eigenvalue weighted by molar-refractivity contribution is 5.69. The lowest BCUT2D eigenvalue weighted by Gasteiger charge is -2.26. The summed E-state index contributed by atoms with van der Waals surface area (Å²) < 4.78 is 9.90. The van der Waals surface area contributed by atoms with Crippen LogP contribution in [0.25, 0.3) is 0 Å². The summed E-state index contributed by atoms with van der Waals surface area (Å²) in [7, 11) is 1.35. The number of esters is 1. The Balaban J connectivity index is 2.19. The molecule has 1 aliphatic rings. The molecule has 4 heteroatoms. The Kier molecular flexibility index (Phi) is 4.90. The maximum absolute atomic E-state index is 10.8. The van der Waals surface area contributed by atoms with E-state index in [2.05, 4.69) is 4.74 Å². The van der Waals surface area contributed by atoms with E-state index < -0.39 is 6.10 Å². The third-order valence-corrected chi connectivity index (χ3v) is 2.52. The van der Waals surface area contributed by atoms with Crippen LogP contribution in [0.1, 0.15) is 32.1 Å². The van der Waals surface area contributed by atoms with Gasteiger partial charge in [0.15, 0.2) is 0 Å². The number of rotatable bonds is 4. The zero-order valence-corrected chi connectivity index (χ0v) is 8.57. The monoisotopic (exact) mass is 202 g/mol. The smallest absolute Gasteiger partial charge is 0.305 e. The molecule has 1 rings (SSSR count). The Morgan fingerprint density at radius 2 is 2.43 bits per heavy atom. The van der Waals surface area contributed by atoms with E-state index in [9.17, 15) is 9.90 Å². The maximum atomic E-state index is 10.8. The predicted molar refractivity (Wildman–Crippen MR) is 50.8 cm³/mol. The van der Waals surface area contributed by atoms with Crippen LogP contribution >= 0.6 is 0 Å². The molecule has 4 nitrogen and oxygen atoms in total. The van der Waals surface area contributed by atoms with Crippen LogP contribution in [0.3, 0.4) is 0 Å². The second kappa shape index (κ2) is 5.98. The molecule has 1 aliphatic heterocycles. The van der Waals surface area contributed by atoms with Crippen molar-refractivity contribution in [3.8, 4) is 0 Å². The lowest BCUT2D eigenvalue weighted by Crippen LogP contribution is -2.32. The lowest BCUT2D eigenvalue weighted by molar-refractivity contribution is -0.142. The molecular weight excluding hydrogens is 184 g/mol. The summed E-state index contributed by atoms with van der Waals surface area (Å²) in [5.41, 5.74) is 0. The van der Waals surface area contributed by atoms with Gasteiger partial charge in [-0.05, 0) is 25.7 Å². The van der Waals surface area contributed by atoms with Gasteiger partial charge in [-0.15, -0.1) is 0 Å². The highest BCUT2D eigenvalue weighted by Gasteiger charge is 2.22. The third-order valence-electron chi connectivity index (χ3n) is 2.52. The molecule has 1 heterocycles. The van der Waals surface area contributed by atoms with Gasteiger partial charge < -0.3 is 14.6 Å². The van der Waals surface area contributed by atoms with E-state index in [1.807, 2.05) is 0 Å². The number of ether oxygens (including phenoxy) is 2. The molecule has 14 heavy (non-hydrogen) atoms. The second-order valence-electron chi connectivity index (χ2n) is 3.59. The van der Waals surface area contributed by atoms with Gasteiger partial charge in [0, 0.05) is 13.0 Å². The van der Waals surface area contributed by atoms with Gasteiger partial charge in [-0.2, -0.15) is 0 Å². The van der Waals surface area contributed by atoms with E-state index in [4.69, 9.17) is 4.74 Å². The minimum Gasteiger partial charge on any atom is -0.469 e. The van der Waals surface area contributed by atoms with E-state index in [1.54, 1.807) is 0 Å². The Hall–Kier alpha value is -0.610. The molecule has 0 amide bonds. The molecular formula is C10H18O4. The molecule has 2 unspecified atom stereocenters. The van der Waals surface area contributed by atoms with Crippen molar-refractivity contribution < 1.29 is 19.4 Å². The van der Waals surface area contributed by atoms with Gasteiger partial charge in [0.05, 0.1) is 19.3 Å².